The van der Waals surface area contributed by atoms with E-state index in [9.17, 15) is 4.79 Å². The maximum Gasteiger partial charge on any atom is 0.315 e. The van der Waals surface area contributed by atoms with Gasteiger partial charge in [0.1, 0.15) is 0 Å². The smallest absolute Gasteiger partial charge is 0.315 e. The zero-order valence-electron chi connectivity index (χ0n) is 11.4. The van der Waals surface area contributed by atoms with Crippen LogP contribution in [0.5, 0.6) is 0 Å². The first-order chi connectivity index (χ1) is 9.02. The molecule has 0 fully saturated rings. The van der Waals surface area contributed by atoms with Crippen LogP contribution >= 0.6 is 15.9 Å². The zero-order valence-corrected chi connectivity index (χ0v) is 13.0. The highest BCUT2D eigenvalue weighted by Crippen LogP contribution is 2.15. The summed E-state index contributed by atoms with van der Waals surface area (Å²) in [5.41, 5.74) is 2.24. The third kappa shape index (κ3) is 6.07. The van der Waals surface area contributed by atoms with Crippen molar-refractivity contribution in [3.05, 3.63) is 33.8 Å². The van der Waals surface area contributed by atoms with E-state index in [2.05, 4.69) is 26.6 Å². The second kappa shape index (κ2) is 8.17. The Labute approximate surface area is 122 Å². The molecule has 1 rings (SSSR count). The summed E-state index contributed by atoms with van der Waals surface area (Å²) in [5.74, 6) is 0.283. The fourth-order valence-corrected chi connectivity index (χ4v) is 2.16. The third-order valence-electron chi connectivity index (χ3n) is 2.98. The number of hydrogen-bond donors (Lipinski definition) is 3. The molecular formula is C14H21BrN2O2. The first kappa shape index (κ1) is 16.0. The maximum absolute atomic E-state index is 11.6. The van der Waals surface area contributed by atoms with Crippen molar-refractivity contribution >= 4 is 22.0 Å². The number of aryl methyl sites for hydroxylation is 1. The number of halogens is 1. The summed E-state index contributed by atoms with van der Waals surface area (Å²) in [7, 11) is 0. The zero-order chi connectivity index (χ0) is 14.3. The molecule has 0 aliphatic carbocycles. The van der Waals surface area contributed by atoms with Crippen LogP contribution in [0.1, 0.15) is 24.5 Å². The minimum Gasteiger partial charge on any atom is -0.396 e. The van der Waals surface area contributed by atoms with Crippen molar-refractivity contribution in [2.75, 3.05) is 13.2 Å². The molecule has 2 amide bonds. The molecular weight excluding hydrogens is 308 g/mol. The van der Waals surface area contributed by atoms with Gasteiger partial charge in [0, 0.05) is 24.2 Å². The van der Waals surface area contributed by atoms with Crippen molar-refractivity contribution in [3.63, 3.8) is 0 Å². The highest BCUT2D eigenvalue weighted by molar-refractivity contribution is 9.10. The van der Waals surface area contributed by atoms with Crippen molar-refractivity contribution in [2.45, 2.75) is 26.8 Å². The second-order valence-corrected chi connectivity index (χ2v) is 5.67. The van der Waals surface area contributed by atoms with Gasteiger partial charge >= 0.3 is 6.03 Å². The van der Waals surface area contributed by atoms with E-state index < -0.39 is 0 Å². The van der Waals surface area contributed by atoms with E-state index in [-0.39, 0.29) is 18.6 Å². The van der Waals surface area contributed by atoms with Crippen molar-refractivity contribution in [2.24, 2.45) is 5.92 Å². The van der Waals surface area contributed by atoms with Gasteiger partial charge in [-0.05, 0) is 42.5 Å². The van der Waals surface area contributed by atoms with Gasteiger partial charge in [0.2, 0.25) is 0 Å². The normalized spacial score (nSPS) is 12.0. The lowest BCUT2D eigenvalue weighted by Crippen LogP contribution is -2.37. The molecule has 0 radical (unpaired) electrons. The molecule has 106 valence electrons. The monoisotopic (exact) mass is 328 g/mol. The predicted octanol–water partition coefficient (Wildman–Crippen LogP) is 2.58. The van der Waals surface area contributed by atoms with Crippen molar-refractivity contribution in [1.29, 1.82) is 0 Å². The quantitative estimate of drug-likeness (QED) is 0.751. The first-order valence-corrected chi connectivity index (χ1v) is 7.19. The Morgan fingerprint density at radius 1 is 1.42 bits per heavy atom. The van der Waals surface area contributed by atoms with Crippen LogP contribution in [0.4, 0.5) is 4.79 Å². The Morgan fingerprint density at radius 3 is 2.79 bits per heavy atom. The highest BCUT2D eigenvalue weighted by Gasteiger charge is 2.05. The van der Waals surface area contributed by atoms with E-state index in [1.807, 2.05) is 32.0 Å². The van der Waals surface area contributed by atoms with Crippen LogP contribution in [0.25, 0.3) is 0 Å². The van der Waals surface area contributed by atoms with E-state index in [0.29, 0.717) is 19.5 Å². The average Bonchev–Trinajstić information content (AvgIpc) is 2.35. The number of benzene rings is 1. The van der Waals surface area contributed by atoms with Gasteiger partial charge in [-0.2, -0.15) is 0 Å². The summed E-state index contributed by atoms with van der Waals surface area (Å²) in [6.07, 6.45) is 0.700. The molecule has 5 heteroatoms. The number of hydrogen-bond acceptors (Lipinski definition) is 2. The number of aliphatic hydroxyl groups excluding tert-OH is 1. The van der Waals surface area contributed by atoms with Crippen molar-refractivity contribution in [3.8, 4) is 0 Å². The highest BCUT2D eigenvalue weighted by atomic mass is 79.9. The lowest BCUT2D eigenvalue weighted by atomic mass is 10.1. The lowest BCUT2D eigenvalue weighted by molar-refractivity contribution is 0.233. The van der Waals surface area contributed by atoms with Crippen LogP contribution in [0.15, 0.2) is 22.7 Å². The van der Waals surface area contributed by atoms with Crippen LogP contribution in [0.2, 0.25) is 0 Å². The number of urea groups is 1. The van der Waals surface area contributed by atoms with E-state index in [4.69, 9.17) is 5.11 Å². The fraction of sp³-hybridized carbons (Fsp3) is 0.500. The van der Waals surface area contributed by atoms with Crippen molar-refractivity contribution < 1.29 is 9.90 Å². The summed E-state index contributed by atoms with van der Waals surface area (Å²) in [6.45, 7) is 5.26. The van der Waals surface area contributed by atoms with Crippen molar-refractivity contribution in [1.82, 2.24) is 10.6 Å². The summed E-state index contributed by atoms with van der Waals surface area (Å²) < 4.78 is 1.04. The minimum atomic E-state index is -0.174. The van der Waals surface area contributed by atoms with Gasteiger partial charge in [-0.3, -0.25) is 0 Å². The molecule has 0 aliphatic rings. The van der Waals surface area contributed by atoms with Crippen LogP contribution in [0, 0.1) is 12.8 Å². The molecule has 4 nitrogen and oxygen atoms in total. The van der Waals surface area contributed by atoms with Gasteiger partial charge in [-0.25, -0.2) is 4.79 Å². The third-order valence-corrected chi connectivity index (χ3v) is 3.47. The maximum atomic E-state index is 11.6. The summed E-state index contributed by atoms with van der Waals surface area (Å²) in [5, 5.41) is 14.4. The van der Waals surface area contributed by atoms with Gasteiger partial charge in [-0.15, -0.1) is 0 Å². The summed E-state index contributed by atoms with van der Waals surface area (Å²) in [4.78, 5) is 11.6. The van der Waals surface area contributed by atoms with Crippen LogP contribution in [-0.2, 0) is 6.54 Å². The Balaban J connectivity index is 2.33. The first-order valence-electron chi connectivity index (χ1n) is 6.40. The Bertz CT molecular complexity index is 424. The van der Waals surface area contributed by atoms with Gasteiger partial charge < -0.3 is 15.7 Å². The van der Waals surface area contributed by atoms with Crippen LogP contribution in [0.3, 0.4) is 0 Å². The minimum absolute atomic E-state index is 0.155. The molecule has 0 aliphatic heterocycles. The molecule has 1 atom stereocenters. The van der Waals surface area contributed by atoms with Crippen LogP contribution in [-0.4, -0.2) is 24.3 Å². The van der Waals surface area contributed by atoms with Gasteiger partial charge in [0.05, 0.1) is 0 Å². The molecule has 0 spiro atoms. The summed E-state index contributed by atoms with van der Waals surface area (Å²) in [6, 6.07) is 5.81. The lowest BCUT2D eigenvalue weighted by Gasteiger charge is -2.13. The van der Waals surface area contributed by atoms with Crippen LogP contribution < -0.4 is 10.6 Å². The second-order valence-electron chi connectivity index (χ2n) is 4.75. The molecule has 0 saturated carbocycles. The SMILES string of the molecule is Cc1cc(Br)ccc1CNC(=O)NCC(C)CCO. The number of carbonyl (C=O) groups is 1. The molecule has 3 N–H and O–H groups in total. The standard InChI is InChI=1S/C14H21BrN2O2/c1-10(5-6-18)8-16-14(19)17-9-12-3-4-13(15)7-11(12)2/h3-4,7,10,18H,5-6,8-9H2,1-2H3,(H2,16,17,19). The van der Waals surface area contributed by atoms with Gasteiger partial charge in [0.25, 0.3) is 0 Å². The number of amides is 2. The molecule has 0 saturated heterocycles. The fourth-order valence-electron chi connectivity index (χ4n) is 1.69. The molecule has 1 aromatic rings. The van der Waals surface area contributed by atoms with Gasteiger partial charge in [0.15, 0.2) is 0 Å². The van der Waals surface area contributed by atoms with E-state index in [1.54, 1.807) is 0 Å². The Morgan fingerprint density at radius 2 is 2.16 bits per heavy atom. The topological polar surface area (TPSA) is 61.4 Å². The molecule has 1 aromatic carbocycles. The molecule has 0 bridgehead atoms. The number of carbonyl (C=O) groups excluding carboxylic acids is 1. The largest absolute Gasteiger partial charge is 0.396 e. The molecule has 1 unspecified atom stereocenters. The molecule has 0 heterocycles. The summed E-state index contributed by atoms with van der Waals surface area (Å²) >= 11 is 3.41. The molecule has 0 aromatic heterocycles. The molecule has 19 heavy (non-hydrogen) atoms. The number of rotatable bonds is 6. The number of aliphatic hydroxyl groups is 1. The van der Waals surface area contributed by atoms with E-state index in [0.717, 1.165) is 15.6 Å². The Hall–Kier alpha value is -1.07. The Kier molecular flexibility index (Phi) is 6.87. The van der Waals surface area contributed by atoms with E-state index >= 15 is 0 Å². The van der Waals surface area contributed by atoms with E-state index in [1.165, 1.54) is 0 Å². The van der Waals surface area contributed by atoms with Gasteiger partial charge in [-0.1, -0.05) is 28.9 Å². The predicted molar refractivity (Wildman–Crippen MR) is 80.0 cm³/mol. The number of nitrogens with one attached hydrogen (secondary N) is 2. The average molecular weight is 329 g/mol.